The fourth-order valence-corrected chi connectivity index (χ4v) is 1.85. The van der Waals surface area contributed by atoms with Gasteiger partial charge in [0.05, 0.1) is 16.9 Å². The third kappa shape index (κ3) is 2.45. The molecule has 16 heavy (non-hydrogen) atoms. The van der Waals surface area contributed by atoms with Crippen molar-refractivity contribution in [2.75, 3.05) is 0 Å². The molecule has 0 spiro atoms. The summed E-state index contributed by atoms with van der Waals surface area (Å²) in [5.41, 5.74) is 2.46. The Labute approximate surface area is 99.2 Å². The van der Waals surface area contributed by atoms with Gasteiger partial charge in [-0.2, -0.15) is 0 Å². The molecule has 0 N–H and O–H groups in total. The van der Waals surface area contributed by atoms with Crippen molar-refractivity contribution < 1.29 is 0 Å². The van der Waals surface area contributed by atoms with E-state index in [-0.39, 0.29) is 11.0 Å². The van der Waals surface area contributed by atoms with E-state index in [2.05, 4.69) is 70.4 Å². The molecular formula is C13H25N3. The van der Waals surface area contributed by atoms with Crippen LogP contribution in [-0.2, 0) is 11.0 Å². The van der Waals surface area contributed by atoms with Crippen LogP contribution in [0, 0.1) is 0 Å². The van der Waals surface area contributed by atoms with Gasteiger partial charge in [0.15, 0.2) is 0 Å². The minimum Gasteiger partial charge on any atom is -0.243 e. The maximum absolute atomic E-state index is 4.36. The maximum atomic E-state index is 4.36. The molecule has 92 valence electrons. The van der Waals surface area contributed by atoms with Crippen LogP contribution in [0.1, 0.15) is 72.7 Å². The smallest absolute Gasteiger partial charge is 0.0890 e. The summed E-state index contributed by atoms with van der Waals surface area (Å²) in [5.74, 6) is 0.422. The highest BCUT2D eigenvalue weighted by atomic mass is 15.5. The zero-order valence-corrected chi connectivity index (χ0v) is 11.9. The summed E-state index contributed by atoms with van der Waals surface area (Å²) >= 11 is 0. The molecule has 0 aliphatic heterocycles. The SMILES string of the molecule is CC(C)c1nnn(C(C)(C)C)c1C(C)(C)C. The molecule has 0 fully saturated rings. The van der Waals surface area contributed by atoms with Gasteiger partial charge in [-0.25, -0.2) is 4.68 Å². The van der Waals surface area contributed by atoms with Crippen molar-refractivity contribution in [1.29, 1.82) is 0 Å². The van der Waals surface area contributed by atoms with Crippen LogP contribution in [0.4, 0.5) is 0 Å². The zero-order valence-electron chi connectivity index (χ0n) is 11.9. The Morgan fingerprint density at radius 2 is 1.50 bits per heavy atom. The van der Waals surface area contributed by atoms with Gasteiger partial charge in [0.1, 0.15) is 0 Å². The molecule has 0 unspecified atom stereocenters. The lowest BCUT2D eigenvalue weighted by Crippen LogP contribution is -2.30. The molecule has 0 aliphatic carbocycles. The van der Waals surface area contributed by atoms with E-state index in [1.54, 1.807) is 0 Å². The van der Waals surface area contributed by atoms with Crippen molar-refractivity contribution in [3.05, 3.63) is 11.4 Å². The van der Waals surface area contributed by atoms with Gasteiger partial charge < -0.3 is 0 Å². The first-order valence-corrected chi connectivity index (χ1v) is 6.01. The molecule has 0 amide bonds. The summed E-state index contributed by atoms with van der Waals surface area (Å²) in [6.07, 6.45) is 0. The molecule has 0 saturated carbocycles. The average Bonchev–Trinajstić information content (AvgIpc) is 2.43. The first-order valence-electron chi connectivity index (χ1n) is 6.01. The number of hydrogen-bond acceptors (Lipinski definition) is 2. The van der Waals surface area contributed by atoms with Crippen LogP contribution < -0.4 is 0 Å². The van der Waals surface area contributed by atoms with Crippen molar-refractivity contribution in [3.8, 4) is 0 Å². The predicted octanol–water partition coefficient (Wildman–Crippen LogP) is 3.45. The molecule has 3 nitrogen and oxygen atoms in total. The molecule has 0 aliphatic rings. The highest BCUT2D eigenvalue weighted by Gasteiger charge is 2.30. The lowest BCUT2D eigenvalue weighted by Gasteiger charge is -2.28. The molecule has 1 rings (SSSR count). The second kappa shape index (κ2) is 3.86. The van der Waals surface area contributed by atoms with E-state index in [1.807, 2.05) is 0 Å². The summed E-state index contributed by atoms with van der Waals surface area (Å²) in [6.45, 7) is 17.5. The van der Waals surface area contributed by atoms with E-state index >= 15 is 0 Å². The van der Waals surface area contributed by atoms with Crippen LogP contribution in [0.5, 0.6) is 0 Å². The highest BCUT2D eigenvalue weighted by Crippen LogP contribution is 2.31. The minimum absolute atomic E-state index is 0.0112. The van der Waals surface area contributed by atoms with Crippen molar-refractivity contribution in [1.82, 2.24) is 15.0 Å². The van der Waals surface area contributed by atoms with Crippen LogP contribution in [0.15, 0.2) is 0 Å². The van der Waals surface area contributed by atoms with E-state index in [4.69, 9.17) is 0 Å². The third-order valence-corrected chi connectivity index (χ3v) is 2.59. The van der Waals surface area contributed by atoms with E-state index in [0.717, 1.165) is 5.69 Å². The summed E-state index contributed by atoms with van der Waals surface area (Å²) in [4.78, 5) is 0. The molecule has 0 atom stereocenters. The lowest BCUT2D eigenvalue weighted by atomic mass is 9.87. The van der Waals surface area contributed by atoms with Crippen molar-refractivity contribution >= 4 is 0 Å². The summed E-state index contributed by atoms with van der Waals surface area (Å²) in [5, 5.41) is 8.70. The summed E-state index contributed by atoms with van der Waals surface area (Å²) in [7, 11) is 0. The van der Waals surface area contributed by atoms with Gasteiger partial charge >= 0.3 is 0 Å². The van der Waals surface area contributed by atoms with Crippen molar-refractivity contribution in [2.45, 2.75) is 72.3 Å². The van der Waals surface area contributed by atoms with Gasteiger partial charge in [-0.1, -0.05) is 39.8 Å². The number of aromatic nitrogens is 3. The molecule has 1 aromatic heterocycles. The van der Waals surface area contributed by atoms with Crippen molar-refractivity contribution in [2.24, 2.45) is 0 Å². The number of nitrogens with zero attached hydrogens (tertiary/aromatic N) is 3. The van der Waals surface area contributed by atoms with E-state index in [1.165, 1.54) is 5.69 Å². The second-order valence-electron chi connectivity index (χ2n) is 6.81. The topological polar surface area (TPSA) is 30.7 Å². The zero-order chi connectivity index (χ0) is 12.7. The quantitative estimate of drug-likeness (QED) is 0.730. The van der Waals surface area contributed by atoms with Gasteiger partial charge in [0.2, 0.25) is 0 Å². The van der Waals surface area contributed by atoms with Crippen LogP contribution in [-0.4, -0.2) is 15.0 Å². The molecule has 0 bridgehead atoms. The molecule has 0 aromatic carbocycles. The Morgan fingerprint density at radius 3 is 1.81 bits per heavy atom. The van der Waals surface area contributed by atoms with Crippen LogP contribution >= 0.6 is 0 Å². The van der Waals surface area contributed by atoms with E-state index in [0.29, 0.717) is 5.92 Å². The van der Waals surface area contributed by atoms with Crippen molar-refractivity contribution in [3.63, 3.8) is 0 Å². The molecule has 0 radical (unpaired) electrons. The second-order valence-corrected chi connectivity index (χ2v) is 6.81. The third-order valence-electron chi connectivity index (χ3n) is 2.59. The lowest BCUT2D eigenvalue weighted by molar-refractivity contribution is 0.315. The van der Waals surface area contributed by atoms with Crippen LogP contribution in [0.3, 0.4) is 0 Å². The Balaban J connectivity index is 3.44. The first kappa shape index (κ1) is 13.2. The minimum atomic E-state index is -0.0112. The van der Waals surface area contributed by atoms with Gasteiger partial charge in [-0.05, 0) is 26.7 Å². The predicted molar refractivity (Wildman–Crippen MR) is 67.8 cm³/mol. The Morgan fingerprint density at radius 1 is 1.00 bits per heavy atom. The molecule has 1 heterocycles. The molecule has 3 heteroatoms. The highest BCUT2D eigenvalue weighted by molar-refractivity contribution is 5.23. The molecule has 1 aromatic rings. The first-order chi connectivity index (χ1) is 7.05. The average molecular weight is 223 g/mol. The van der Waals surface area contributed by atoms with Crippen LogP contribution in [0.2, 0.25) is 0 Å². The Kier molecular flexibility index (Phi) is 3.19. The fraction of sp³-hybridized carbons (Fsp3) is 0.846. The monoisotopic (exact) mass is 223 g/mol. The number of hydrogen-bond donors (Lipinski definition) is 0. The summed E-state index contributed by atoms with van der Waals surface area (Å²) < 4.78 is 2.07. The largest absolute Gasteiger partial charge is 0.243 e. The standard InChI is InChI=1S/C13H25N3/c1-9(2)10-11(12(3,4)5)16(15-14-10)13(6,7)8/h9H,1-8H3. The number of rotatable bonds is 1. The van der Waals surface area contributed by atoms with Gasteiger partial charge in [-0.15, -0.1) is 5.10 Å². The molecule has 0 saturated heterocycles. The normalized spacial score (nSPS) is 13.6. The molecular weight excluding hydrogens is 198 g/mol. The fourth-order valence-electron chi connectivity index (χ4n) is 1.85. The van der Waals surface area contributed by atoms with E-state index in [9.17, 15) is 0 Å². The maximum Gasteiger partial charge on any atom is 0.0890 e. The summed E-state index contributed by atoms with van der Waals surface area (Å²) in [6, 6.07) is 0. The van der Waals surface area contributed by atoms with Crippen LogP contribution in [0.25, 0.3) is 0 Å². The van der Waals surface area contributed by atoms with Gasteiger partial charge in [0, 0.05) is 5.41 Å². The van der Waals surface area contributed by atoms with Gasteiger partial charge in [-0.3, -0.25) is 0 Å². The van der Waals surface area contributed by atoms with Gasteiger partial charge in [0.25, 0.3) is 0 Å². The Bertz CT molecular complexity index is 362. The Hall–Kier alpha value is -0.860. The van der Waals surface area contributed by atoms with E-state index < -0.39 is 0 Å².